The number of nitrogens with zero attached hydrogens (tertiary/aromatic N) is 1. The molecule has 41 heavy (non-hydrogen) atoms. The smallest absolute Gasteiger partial charge is 0.440 e. The van der Waals surface area contributed by atoms with Gasteiger partial charge in [0.2, 0.25) is 0 Å². The lowest BCUT2D eigenvalue weighted by molar-refractivity contribution is -0.137. The van der Waals surface area contributed by atoms with Crippen LogP contribution in [-0.4, -0.2) is 81.2 Å². The van der Waals surface area contributed by atoms with E-state index in [1.54, 1.807) is 0 Å². The molecule has 4 rings (SSSR count). The van der Waals surface area contributed by atoms with Crippen LogP contribution in [0.2, 0.25) is 0 Å². The average molecular weight is 581 g/mol. The molecule has 220 valence electrons. The summed E-state index contributed by atoms with van der Waals surface area (Å²) in [5.74, 6) is 0. The second kappa shape index (κ2) is 13.5. The minimum atomic E-state index is -4.61. The SMILES string of the molecule is O=C(OCCOCCOCCO)OC[C@@H]1CN(c2ccc3cc(-c4ccccc4C(F)(F)F)[nH]c(=O)c3c2)C(=O)O1. The Labute approximate surface area is 231 Å². The summed E-state index contributed by atoms with van der Waals surface area (Å²) in [6.07, 6.45) is -7.11. The van der Waals surface area contributed by atoms with Crippen LogP contribution >= 0.6 is 0 Å². The zero-order valence-corrected chi connectivity index (χ0v) is 21.6. The first-order chi connectivity index (χ1) is 19.7. The van der Waals surface area contributed by atoms with Gasteiger partial charge in [0.05, 0.1) is 45.1 Å². The summed E-state index contributed by atoms with van der Waals surface area (Å²) in [5, 5.41) is 9.13. The number of carbonyl (C=O) groups is 2. The summed E-state index contributed by atoms with van der Waals surface area (Å²) >= 11 is 0. The molecule has 2 heterocycles. The predicted molar refractivity (Wildman–Crippen MR) is 139 cm³/mol. The van der Waals surface area contributed by atoms with Crippen molar-refractivity contribution in [2.45, 2.75) is 12.3 Å². The van der Waals surface area contributed by atoms with E-state index in [0.29, 0.717) is 11.1 Å². The number of aromatic nitrogens is 1. The maximum Gasteiger partial charge on any atom is 0.508 e. The van der Waals surface area contributed by atoms with E-state index in [9.17, 15) is 27.6 Å². The lowest BCUT2D eigenvalue weighted by Gasteiger charge is -2.15. The van der Waals surface area contributed by atoms with Gasteiger partial charge in [-0.3, -0.25) is 9.69 Å². The summed E-state index contributed by atoms with van der Waals surface area (Å²) in [4.78, 5) is 40.8. The number of pyridine rings is 1. The molecule has 1 atom stereocenters. The van der Waals surface area contributed by atoms with Gasteiger partial charge in [-0.15, -0.1) is 0 Å². The Balaban J connectivity index is 1.34. The van der Waals surface area contributed by atoms with Crippen molar-refractivity contribution in [3.05, 3.63) is 64.4 Å². The van der Waals surface area contributed by atoms with Crippen molar-refractivity contribution < 1.29 is 51.6 Å². The molecule has 0 unspecified atom stereocenters. The highest BCUT2D eigenvalue weighted by Crippen LogP contribution is 2.36. The number of rotatable bonds is 12. The monoisotopic (exact) mass is 580 g/mol. The van der Waals surface area contributed by atoms with Gasteiger partial charge in [0.1, 0.15) is 13.2 Å². The van der Waals surface area contributed by atoms with Crippen molar-refractivity contribution in [2.75, 3.05) is 57.7 Å². The Bertz CT molecular complexity index is 1430. The van der Waals surface area contributed by atoms with E-state index in [4.69, 9.17) is 28.8 Å². The number of fused-ring (bicyclic) bond motifs is 1. The van der Waals surface area contributed by atoms with Crippen LogP contribution in [0.1, 0.15) is 5.56 Å². The number of cyclic esters (lactones) is 1. The van der Waals surface area contributed by atoms with Gasteiger partial charge in [-0.05, 0) is 29.7 Å². The van der Waals surface area contributed by atoms with Gasteiger partial charge in [-0.2, -0.15) is 13.2 Å². The van der Waals surface area contributed by atoms with Gasteiger partial charge in [0, 0.05) is 22.3 Å². The Morgan fingerprint density at radius 1 is 1.00 bits per heavy atom. The molecule has 1 aromatic heterocycles. The molecule has 0 radical (unpaired) electrons. The van der Waals surface area contributed by atoms with Crippen molar-refractivity contribution in [3.8, 4) is 11.3 Å². The van der Waals surface area contributed by atoms with Gasteiger partial charge in [-0.1, -0.05) is 24.3 Å². The topological polar surface area (TPSA) is 137 Å². The Morgan fingerprint density at radius 3 is 2.49 bits per heavy atom. The minimum absolute atomic E-state index is 0.00600. The molecule has 1 amide bonds. The Hall–Kier alpha value is -4.14. The number of benzene rings is 2. The first-order valence-corrected chi connectivity index (χ1v) is 12.5. The van der Waals surface area contributed by atoms with Crippen molar-refractivity contribution >= 4 is 28.7 Å². The van der Waals surface area contributed by atoms with Gasteiger partial charge >= 0.3 is 18.4 Å². The standard InChI is InChI=1S/C27H27F3N2O9/c28-27(29,30)22-4-2-1-3-20(22)23-13-17-5-6-18(14-21(17)24(34)31-23)32-15-19(41-25(32)35)16-40-26(36)39-12-11-38-10-9-37-8-7-33/h1-6,13-14,19,33H,7-12,15-16H2,(H,31,34)/t19-/m0/s1. The molecule has 14 heteroatoms. The maximum absolute atomic E-state index is 13.5. The van der Waals surface area contributed by atoms with Crippen molar-refractivity contribution in [1.82, 2.24) is 4.98 Å². The van der Waals surface area contributed by atoms with E-state index in [0.717, 1.165) is 6.07 Å². The van der Waals surface area contributed by atoms with Crippen molar-refractivity contribution in [1.29, 1.82) is 0 Å². The van der Waals surface area contributed by atoms with E-state index in [-0.39, 0.29) is 69.4 Å². The first kappa shape index (κ1) is 29.8. The van der Waals surface area contributed by atoms with Crippen molar-refractivity contribution in [2.24, 2.45) is 0 Å². The molecular formula is C27H27F3N2O9. The largest absolute Gasteiger partial charge is 0.508 e. The van der Waals surface area contributed by atoms with Crippen LogP contribution in [0.5, 0.6) is 0 Å². The Morgan fingerprint density at radius 2 is 1.73 bits per heavy atom. The van der Waals surface area contributed by atoms with E-state index < -0.39 is 35.7 Å². The molecule has 11 nitrogen and oxygen atoms in total. The molecule has 1 fully saturated rings. The molecule has 0 spiro atoms. The van der Waals surface area contributed by atoms with E-state index in [2.05, 4.69) is 4.98 Å². The molecule has 0 bridgehead atoms. The summed E-state index contributed by atoms with van der Waals surface area (Å²) in [6.45, 7) is 0.470. The van der Waals surface area contributed by atoms with Gasteiger partial charge in [0.15, 0.2) is 6.10 Å². The number of halogens is 3. The highest BCUT2D eigenvalue weighted by atomic mass is 19.4. The third kappa shape index (κ3) is 7.74. The number of H-pyrrole nitrogens is 1. The summed E-state index contributed by atoms with van der Waals surface area (Å²) in [6, 6.07) is 10.9. The number of hydrogen-bond donors (Lipinski definition) is 2. The van der Waals surface area contributed by atoms with Gasteiger partial charge < -0.3 is 33.8 Å². The number of amides is 1. The molecule has 1 saturated heterocycles. The molecule has 1 aliphatic heterocycles. The number of carbonyl (C=O) groups excluding carboxylic acids is 2. The number of aliphatic hydroxyl groups is 1. The van der Waals surface area contributed by atoms with E-state index in [1.807, 2.05) is 0 Å². The molecular weight excluding hydrogens is 553 g/mol. The highest BCUT2D eigenvalue weighted by Gasteiger charge is 2.35. The predicted octanol–water partition coefficient (Wildman–Crippen LogP) is 3.72. The van der Waals surface area contributed by atoms with Crippen LogP contribution in [0.25, 0.3) is 22.0 Å². The normalized spacial score (nSPS) is 15.3. The zero-order valence-electron chi connectivity index (χ0n) is 21.6. The zero-order chi connectivity index (χ0) is 29.4. The molecule has 2 aromatic carbocycles. The average Bonchev–Trinajstić information content (AvgIpc) is 3.33. The molecule has 3 aromatic rings. The maximum atomic E-state index is 13.5. The second-order valence-electron chi connectivity index (χ2n) is 8.80. The number of anilines is 1. The fourth-order valence-corrected chi connectivity index (χ4v) is 4.12. The van der Waals surface area contributed by atoms with E-state index in [1.165, 1.54) is 47.4 Å². The van der Waals surface area contributed by atoms with Crippen LogP contribution < -0.4 is 10.5 Å². The number of aliphatic hydroxyl groups excluding tert-OH is 1. The van der Waals surface area contributed by atoms with Crippen LogP contribution in [0.4, 0.5) is 28.4 Å². The Kier molecular flexibility index (Phi) is 9.81. The van der Waals surface area contributed by atoms with Gasteiger partial charge in [-0.25, -0.2) is 9.59 Å². The highest BCUT2D eigenvalue weighted by molar-refractivity contribution is 5.94. The van der Waals surface area contributed by atoms with Crippen LogP contribution in [0.3, 0.4) is 0 Å². The number of hydrogen-bond acceptors (Lipinski definition) is 9. The lowest BCUT2D eigenvalue weighted by Crippen LogP contribution is -2.27. The van der Waals surface area contributed by atoms with Crippen molar-refractivity contribution in [3.63, 3.8) is 0 Å². The minimum Gasteiger partial charge on any atom is -0.440 e. The molecule has 0 saturated carbocycles. The van der Waals surface area contributed by atoms with E-state index >= 15 is 0 Å². The quantitative estimate of drug-likeness (QED) is 0.243. The van der Waals surface area contributed by atoms with Gasteiger partial charge in [0.25, 0.3) is 5.56 Å². The van der Waals surface area contributed by atoms with Crippen LogP contribution in [-0.2, 0) is 29.9 Å². The fraction of sp³-hybridized carbons (Fsp3) is 0.370. The lowest BCUT2D eigenvalue weighted by atomic mass is 10.0. The molecule has 1 aliphatic rings. The third-order valence-corrected chi connectivity index (χ3v) is 5.98. The number of aromatic amines is 1. The summed E-state index contributed by atoms with van der Waals surface area (Å²) in [7, 11) is 0. The number of ether oxygens (including phenoxy) is 5. The fourth-order valence-electron chi connectivity index (χ4n) is 4.12. The first-order valence-electron chi connectivity index (χ1n) is 12.5. The number of alkyl halides is 3. The molecule has 2 N–H and O–H groups in total. The van der Waals surface area contributed by atoms with Crippen LogP contribution in [0.15, 0.2) is 53.3 Å². The van der Waals surface area contributed by atoms with Crippen LogP contribution in [0, 0.1) is 0 Å². The number of nitrogens with one attached hydrogen (secondary N) is 1. The second-order valence-corrected chi connectivity index (χ2v) is 8.80. The molecule has 0 aliphatic carbocycles. The summed E-state index contributed by atoms with van der Waals surface area (Å²) < 4.78 is 65.7. The summed E-state index contributed by atoms with van der Waals surface area (Å²) in [5.41, 5.74) is -1.34. The third-order valence-electron chi connectivity index (χ3n) is 5.98.